The van der Waals surface area contributed by atoms with Crippen LogP contribution >= 0.6 is 0 Å². The van der Waals surface area contributed by atoms with Gasteiger partial charge in [0.05, 0.1) is 16.3 Å². The van der Waals surface area contributed by atoms with E-state index in [1.807, 2.05) is 43.9 Å². The quantitative estimate of drug-likeness (QED) is 0.589. The number of halogens is 1. The van der Waals surface area contributed by atoms with Crippen molar-refractivity contribution in [2.45, 2.75) is 37.9 Å². The monoisotopic (exact) mass is 485 g/mol. The van der Waals surface area contributed by atoms with E-state index in [2.05, 4.69) is 19.5 Å². The first-order valence-corrected chi connectivity index (χ1v) is 13.5. The topological polar surface area (TPSA) is 70.5 Å². The molecule has 182 valence electrons. The molecular weight excluding hydrogens is 453 g/mol. The molecule has 1 N–H and O–H groups in total. The van der Waals surface area contributed by atoms with Crippen molar-refractivity contribution in [2.24, 2.45) is 7.05 Å². The first-order valence-electron chi connectivity index (χ1n) is 11.9. The number of rotatable bonds is 5. The number of aryl methyl sites for hydroxylation is 2. The third-order valence-electron chi connectivity index (χ3n) is 7.12. The van der Waals surface area contributed by atoms with Crippen molar-refractivity contribution in [1.82, 2.24) is 14.5 Å². The number of nitrogens with zero attached hydrogens (tertiary/aromatic N) is 4. The predicted octanol–water partition coefficient (Wildman–Crippen LogP) is 4.12. The maximum atomic E-state index is 15.2. The van der Waals surface area contributed by atoms with Crippen LogP contribution in [-0.2, 0) is 17.1 Å². The number of hydrogen-bond donors (Lipinski definition) is 1. The highest BCUT2D eigenvalue weighted by molar-refractivity contribution is 7.93. The number of anilines is 2. The Bertz CT molecular complexity index is 1320. The number of likely N-dealkylation sites (tertiary alicyclic amines) is 1. The van der Waals surface area contributed by atoms with E-state index >= 15 is 4.39 Å². The van der Waals surface area contributed by atoms with Gasteiger partial charge < -0.3 is 14.4 Å². The lowest BCUT2D eigenvalue weighted by Crippen LogP contribution is -2.39. The van der Waals surface area contributed by atoms with E-state index in [0.717, 1.165) is 44.7 Å². The minimum atomic E-state index is -3.60. The Labute approximate surface area is 200 Å². The van der Waals surface area contributed by atoms with Gasteiger partial charge in [0.1, 0.15) is 11.5 Å². The molecule has 9 heteroatoms. The van der Waals surface area contributed by atoms with Crippen LogP contribution in [0, 0.1) is 12.7 Å². The molecule has 34 heavy (non-hydrogen) atoms. The molecule has 5 rings (SSSR count). The SMILES string of the molecule is Cc1cc(NS(=O)(=O)C2CCN(C)CC2)c2c(-c3cc(N4CCCC4)ccc3F)cn(C)c2n1. The largest absolute Gasteiger partial charge is 0.372 e. The molecule has 2 aliphatic rings. The molecule has 0 aliphatic carbocycles. The zero-order valence-electron chi connectivity index (χ0n) is 20.0. The minimum Gasteiger partial charge on any atom is -0.372 e. The Morgan fingerprint density at radius 2 is 1.74 bits per heavy atom. The second-order valence-electron chi connectivity index (χ2n) is 9.67. The summed E-state index contributed by atoms with van der Waals surface area (Å²) >= 11 is 0. The Morgan fingerprint density at radius 3 is 2.44 bits per heavy atom. The van der Waals surface area contributed by atoms with Crippen molar-refractivity contribution in [2.75, 3.05) is 42.8 Å². The van der Waals surface area contributed by atoms with Gasteiger partial charge in [0.15, 0.2) is 0 Å². The zero-order valence-corrected chi connectivity index (χ0v) is 20.8. The van der Waals surface area contributed by atoms with Crippen LogP contribution in [0.1, 0.15) is 31.4 Å². The first kappa shape index (κ1) is 23.1. The Hall–Kier alpha value is -2.65. The highest BCUT2D eigenvalue weighted by Crippen LogP contribution is 2.39. The van der Waals surface area contributed by atoms with Crippen molar-refractivity contribution in [3.63, 3.8) is 0 Å². The number of benzene rings is 1. The molecule has 7 nitrogen and oxygen atoms in total. The van der Waals surface area contributed by atoms with Gasteiger partial charge in [0.2, 0.25) is 10.0 Å². The lowest BCUT2D eigenvalue weighted by molar-refractivity contribution is 0.278. The average molecular weight is 486 g/mol. The molecule has 2 aromatic heterocycles. The molecule has 1 aromatic carbocycles. The van der Waals surface area contributed by atoms with E-state index < -0.39 is 15.3 Å². The third kappa shape index (κ3) is 4.27. The van der Waals surface area contributed by atoms with Crippen LogP contribution in [0.25, 0.3) is 22.2 Å². The van der Waals surface area contributed by atoms with E-state index in [9.17, 15) is 8.42 Å². The van der Waals surface area contributed by atoms with Crippen LogP contribution in [0.2, 0.25) is 0 Å². The number of fused-ring (bicyclic) bond motifs is 1. The lowest BCUT2D eigenvalue weighted by atomic mass is 10.0. The summed E-state index contributed by atoms with van der Waals surface area (Å²) < 4.78 is 46.5. The van der Waals surface area contributed by atoms with Gasteiger partial charge in [-0.25, -0.2) is 17.8 Å². The molecule has 0 radical (unpaired) electrons. The Morgan fingerprint density at radius 1 is 1.03 bits per heavy atom. The third-order valence-corrected chi connectivity index (χ3v) is 8.98. The van der Waals surface area contributed by atoms with Crippen molar-refractivity contribution in [3.8, 4) is 11.1 Å². The summed E-state index contributed by atoms with van der Waals surface area (Å²) in [4.78, 5) is 9.06. The summed E-state index contributed by atoms with van der Waals surface area (Å²) in [6, 6.07) is 6.96. The molecular formula is C25H32FN5O2S. The van der Waals surface area contributed by atoms with Gasteiger partial charge in [-0.3, -0.25) is 4.72 Å². The Balaban J connectivity index is 1.61. The lowest BCUT2D eigenvalue weighted by Gasteiger charge is -2.29. The van der Waals surface area contributed by atoms with E-state index in [4.69, 9.17) is 0 Å². The number of nitrogens with one attached hydrogen (secondary N) is 1. The predicted molar refractivity (Wildman–Crippen MR) is 135 cm³/mol. The molecule has 4 heterocycles. The second-order valence-corrected chi connectivity index (χ2v) is 11.6. The maximum absolute atomic E-state index is 15.2. The van der Waals surface area contributed by atoms with Crippen LogP contribution in [0.15, 0.2) is 30.5 Å². The number of piperidine rings is 1. The van der Waals surface area contributed by atoms with Gasteiger partial charge in [0, 0.05) is 48.8 Å². The molecule has 0 unspecified atom stereocenters. The van der Waals surface area contributed by atoms with Gasteiger partial charge in [-0.1, -0.05) is 0 Å². The van der Waals surface area contributed by atoms with Gasteiger partial charge in [-0.05, 0) is 77.0 Å². The van der Waals surface area contributed by atoms with Crippen molar-refractivity contribution < 1.29 is 12.8 Å². The molecule has 0 bridgehead atoms. The highest BCUT2D eigenvalue weighted by Gasteiger charge is 2.30. The summed E-state index contributed by atoms with van der Waals surface area (Å²) in [5.74, 6) is -0.333. The van der Waals surface area contributed by atoms with Crippen LogP contribution in [0.4, 0.5) is 15.8 Å². The summed E-state index contributed by atoms with van der Waals surface area (Å²) in [7, 11) is 0.259. The number of pyridine rings is 1. The fraction of sp³-hybridized carbons (Fsp3) is 0.480. The maximum Gasteiger partial charge on any atom is 0.235 e. The van der Waals surface area contributed by atoms with Crippen LogP contribution in [0.3, 0.4) is 0 Å². The van der Waals surface area contributed by atoms with Crippen LogP contribution < -0.4 is 9.62 Å². The van der Waals surface area contributed by atoms with Crippen molar-refractivity contribution in [1.29, 1.82) is 0 Å². The molecule has 2 fully saturated rings. The summed E-state index contributed by atoms with van der Waals surface area (Å²) in [5.41, 5.74) is 3.88. The van der Waals surface area contributed by atoms with E-state index in [0.29, 0.717) is 46.4 Å². The molecule has 2 aliphatic heterocycles. The summed E-state index contributed by atoms with van der Waals surface area (Å²) in [6.45, 7) is 5.27. The molecule has 0 spiro atoms. The van der Waals surface area contributed by atoms with Gasteiger partial charge in [-0.15, -0.1) is 0 Å². The smallest absolute Gasteiger partial charge is 0.235 e. The number of aromatic nitrogens is 2. The van der Waals surface area contributed by atoms with E-state index in [-0.39, 0.29) is 5.82 Å². The molecule has 0 saturated carbocycles. The van der Waals surface area contributed by atoms with Crippen molar-refractivity contribution in [3.05, 3.63) is 42.0 Å². The van der Waals surface area contributed by atoms with E-state index in [1.165, 1.54) is 6.07 Å². The van der Waals surface area contributed by atoms with Crippen molar-refractivity contribution >= 4 is 32.4 Å². The molecule has 3 aromatic rings. The van der Waals surface area contributed by atoms with Gasteiger partial charge in [0.25, 0.3) is 0 Å². The number of sulfonamides is 1. The fourth-order valence-corrected chi connectivity index (χ4v) is 6.67. The first-order chi connectivity index (χ1) is 16.2. The van der Waals surface area contributed by atoms with Gasteiger partial charge >= 0.3 is 0 Å². The second kappa shape index (κ2) is 8.85. The van der Waals surface area contributed by atoms with Crippen LogP contribution in [0.5, 0.6) is 0 Å². The van der Waals surface area contributed by atoms with Gasteiger partial charge in [-0.2, -0.15) is 0 Å². The summed E-state index contributed by atoms with van der Waals surface area (Å²) in [5, 5.41) is 0.177. The highest BCUT2D eigenvalue weighted by atomic mass is 32.2. The number of hydrogen-bond acceptors (Lipinski definition) is 5. The zero-order chi connectivity index (χ0) is 24.0. The molecule has 2 saturated heterocycles. The van der Waals surface area contributed by atoms with E-state index in [1.54, 1.807) is 6.07 Å². The average Bonchev–Trinajstić information content (AvgIpc) is 3.43. The molecule has 0 atom stereocenters. The Kier molecular flexibility index (Phi) is 6.02. The normalized spacial score (nSPS) is 18.2. The fourth-order valence-electron chi connectivity index (χ4n) is 5.21. The van der Waals surface area contributed by atoms with Crippen LogP contribution in [-0.4, -0.2) is 61.3 Å². The molecule has 0 amide bonds. The standard InChI is InChI=1S/C25H32FN5O2S/c1-17-14-23(28-34(32,33)19-8-12-29(2)13-9-19)24-21(16-30(3)25(24)27-17)20-15-18(6-7-22(20)26)31-10-4-5-11-31/h6-7,14-16,19H,4-5,8-13H2,1-3H3,(H,27,28). The summed E-state index contributed by atoms with van der Waals surface area (Å²) in [6.07, 6.45) is 5.29. The minimum absolute atomic E-state index is 0.333.